The highest BCUT2D eigenvalue weighted by Crippen LogP contribution is 2.17. The van der Waals surface area contributed by atoms with Crippen LogP contribution in [0.5, 0.6) is 0 Å². The maximum Gasteiger partial charge on any atom is 0.225 e. The van der Waals surface area contributed by atoms with E-state index in [0.717, 1.165) is 0 Å². The summed E-state index contributed by atoms with van der Waals surface area (Å²) in [6.07, 6.45) is 0.338. The van der Waals surface area contributed by atoms with E-state index in [9.17, 15) is 9.18 Å². The fourth-order valence-corrected chi connectivity index (χ4v) is 1.31. The third-order valence-corrected chi connectivity index (χ3v) is 1.97. The molecule has 0 fully saturated rings. The largest absolute Gasteiger partial charge is 0.326 e. The molecule has 0 saturated carbocycles. The van der Waals surface area contributed by atoms with Crippen LogP contribution in [-0.2, 0) is 4.79 Å². The number of carbonyl (C=O) groups excluding carboxylic acids is 1. The third-order valence-electron chi connectivity index (χ3n) is 1.75. The molecule has 1 aromatic rings. The van der Waals surface area contributed by atoms with E-state index < -0.39 is 5.82 Å². The van der Waals surface area contributed by atoms with E-state index in [0.29, 0.717) is 18.7 Å². The maximum absolute atomic E-state index is 12.9. The van der Waals surface area contributed by atoms with Crippen molar-refractivity contribution >= 4 is 23.2 Å². The standard InChI is InChI=1S/C10H12ClFN2O/c1-13-3-2-10(15)14-9-5-7(11)4-8(12)6-9/h4-6,13H,2-3H2,1H3,(H,14,15). The lowest BCUT2D eigenvalue weighted by Gasteiger charge is -2.05. The molecule has 0 atom stereocenters. The molecule has 15 heavy (non-hydrogen) atoms. The second kappa shape index (κ2) is 5.68. The highest BCUT2D eigenvalue weighted by atomic mass is 35.5. The molecule has 5 heteroatoms. The van der Waals surface area contributed by atoms with Crippen LogP contribution in [0.2, 0.25) is 5.02 Å². The lowest BCUT2D eigenvalue weighted by molar-refractivity contribution is -0.116. The van der Waals surface area contributed by atoms with Crippen molar-refractivity contribution in [2.45, 2.75) is 6.42 Å². The molecule has 0 spiro atoms. The van der Waals surface area contributed by atoms with Crippen LogP contribution < -0.4 is 10.6 Å². The van der Waals surface area contributed by atoms with Crippen molar-refractivity contribution in [2.75, 3.05) is 18.9 Å². The van der Waals surface area contributed by atoms with Crippen molar-refractivity contribution < 1.29 is 9.18 Å². The lowest BCUT2D eigenvalue weighted by atomic mass is 10.3. The molecule has 82 valence electrons. The molecule has 3 nitrogen and oxygen atoms in total. The maximum atomic E-state index is 12.9. The van der Waals surface area contributed by atoms with Crippen LogP contribution >= 0.6 is 11.6 Å². The van der Waals surface area contributed by atoms with Gasteiger partial charge < -0.3 is 10.6 Å². The van der Waals surface area contributed by atoms with E-state index in [1.165, 1.54) is 18.2 Å². The van der Waals surface area contributed by atoms with Crippen molar-refractivity contribution in [1.82, 2.24) is 5.32 Å². The monoisotopic (exact) mass is 230 g/mol. The van der Waals surface area contributed by atoms with Crippen LogP contribution in [0.3, 0.4) is 0 Å². The van der Waals surface area contributed by atoms with Gasteiger partial charge in [-0.25, -0.2) is 4.39 Å². The number of anilines is 1. The number of benzene rings is 1. The summed E-state index contributed by atoms with van der Waals surface area (Å²) in [6, 6.07) is 3.91. The molecular weight excluding hydrogens is 219 g/mol. The van der Waals surface area contributed by atoms with Gasteiger partial charge in [-0.3, -0.25) is 4.79 Å². The first kappa shape index (κ1) is 11.9. The summed E-state index contributed by atoms with van der Waals surface area (Å²) in [4.78, 5) is 11.3. The minimum atomic E-state index is -0.466. The number of nitrogens with one attached hydrogen (secondary N) is 2. The predicted octanol–water partition coefficient (Wildman–Crippen LogP) is 2.03. The third kappa shape index (κ3) is 4.27. The smallest absolute Gasteiger partial charge is 0.225 e. The van der Waals surface area contributed by atoms with Gasteiger partial charge in [-0.05, 0) is 25.2 Å². The first-order valence-corrected chi connectivity index (χ1v) is 4.90. The van der Waals surface area contributed by atoms with Gasteiger partial charge in [0.1, 0.15) is 5.82 Å². The highest BCUT2D eigenvalue weighted by Gasteiger charge is 2.03. The van der Waals surface area contributed by atoms with Gasteiger partial charge in [-0.15, -0.1) is 0 Å². The first-order valence-electron chi connectivity index (χ1n) is 4.52. The molecule has 0 aliphatic heterocycles. The van der Waals surface area contributed by atoms with Crippen LogP contribution in [0.15, 0.2) is 18.2 Å². The van der Waals surface area contributed by atoms with Gasteiger partial charge in [0.05, 0.1) is 0 Å². The van der Waals surface area contributed by atoms with Crippen LogP contribution in [0, 0.1) is 5.82 Å². The van der Waals surface area contributed by atoms with Gasteiger partial charge in [0, 0.05) is 23.7 Å². The van der Waals surface area contributed by atoms with Gasteiger partial charge >= 0.3 is 0 Å². The van der Waals surface area contributed by atoms with E-state index in [2.05, 4.69) is 10.6 Å². The fraction of sp³-hybridized carbons (Fsp3) is 0.300. The Hall–Kier alpha value is -1.13. The molecule has 0 aliphatic carbocycles. The second-order valence-corrected chi connectivity index (χ2v) is 3.50. The van der Waals surface area contributed by atoms with Crippen molar-refractivity contribution in [3.05, 3.63) is 29.0 Å². The molecule has 0 saturated heterocycles. The van der Waals surface area contributed by atoms with Crippen LogP contribution in [0.1, 0.15) is 6.42 Å². The topological polar surface area (TPSA) is 41.1 Å². The predicted molar refractivity (Wildman–Crippen MR) is 58.6 cm³/mol. The molecule has 0 unspecified atom stereocenters. The minimum absolute atomic E-state index is 0.175. The summed E-state index contributed by atoms with van der Waals surface area (Å²) in [5.74, 6) is -0.641. The number of amides is 1. The summed E-state index contributed by atoms with van der Waals surface area (Å²) >= 11 is 5.63. The Morgan fingerprint density at radius 1 is 1.47 bits per heavy atom. The van der Waals surface area contributed by atoms with Gasteiger partial charge in [0.25, 0.3) is 0 Å². The summed E-state index contributed by atoms with van der Waals surface area (Å²) in [5.41, 5.74) is 0.376. The number of rotatable bonds is 4. The van der Waals surface area contributed by atoms with Gasteiger partial charge in [-0.2, -0.15) is 0 Å². The SMILES string of the molecule is CNCCC(=O)Nc1cc(F)cc(Cl)c1. The Morgan fingerprint density at radius 2 is 2.20 bits per heavy atom. The minimum Gasteiger partial charge on any atom is -0.326 e. The molecular formula is C10H12ClFN2O. The second-order valence-electron chi connectivity index (χ2n) is 3.06. The molecule has 0 heterocycles. The zero-order valence-electron chi connectivity index (χ0n) is 8.31. The van der Waals surface area contributed by atoms with Crippen LogP contribution in [0.4, 0.5) is 10.1 Å². The molecule has 0 aromatic heterocycles. The number of halogens is 2. The summed E-state index contributed by atoms with van der Waals surface area (Å²) in [7, 11) is 1.76. The van der Waals surface area contributed by atoms with Crippen molar-refractivity contribution in [1.29, 1.82) is 0 Å². The molecule has 2 N–H and O–H groups in total. The van der Waals surface area contributed by atoms with E-state index in [4.69, 9.17) is 11.6 Å². The van der Waals surface area contributed by atoms with E-state index in [-0.39, 0.29) is 10.9 Å². The fourth-order valence-electron chi connectivity index (χ4n) is 1.09. The normalized spacial score (nSPS) is 10.1. The van der Waals surface area contributed by atoms with E-state index >= 15 is 0 Å². The van der Waals surface area contributed by atoms with E-state index in [1.54, 1.807) is 7.05 Å². The number of hydrogen-bond acceptors (Lipinski definition) is 2. The molecule has 0 radical (unpaired) electrons. The van der Waals surface area contributed by atoms with Crippen molar-refractivity contribution in [2.24, 2.45) is 0 Å². The highest BCUT2D eigenvalue weighted by molar-refractivity contribution is 6.30. The first-order chi connectivity index (χ1) is 7.11. The summed E-state index contributed by atoms with van der Waals surface area (Å²) in [6.45, 7) is 0.578. The Morgan fingerprint density at radius 3 is 2.80 bits per heavy atom. The Balaban J connectivity index is 2.60. The molecule has 0 bridgehead atoms. The molecule has 0 aliphatic rings. The average molecular weight is 231 g/mol. The van der Waals surface area contributed by atoms with Crippen LogP contribution in [-0.4, -0.2) is 19.5 Å². The van der Waals surface area contributed by atoms with Gasteiger partial charge in [-0.1, -0.05) is 11.6 Å². The number of carbonyl (C=O) groups is 1. The summed E-state index contributed by atoms with van der Waals surface area (Å²) in [5, 5.41) is 5.66. The van der Waals surface area contributed by atoms with Crippen molar-refractivity contribution in [3.8, 4) is 0 Å². The van der Waals surface area contributed by atoms with Crippen LogP contribution in [0.25, 0.3) is 0 Å². The number of hydrogen-bond donors (Lipinski definition) is 2. The van der Waals surface area contributed by atoms with Gasteiger partial charge in [0.2, 0.25) is 5.91 Å². The van der Waals surface area contributed by atoms with E-state index in [1.807, 2.05) is 0 Å². The zero-order valence-corrected chi connectivity index (χ0v) is 9.07. The molecule has 1 amide bonds. The molecule has 1 aromatic carbocycles. The Labute approximate surface area is 92.6 Å². The zero-order chi connectivity index (χ0) is 11.3. The lowest BCUT2D eigenvalue weighted by Crippen LogP contribution is -2.18. The van der Waals surface area contributed by atoms with Crippen molar-refractivity contribution in [3.63, 3.8) is 0 Å². The molecule has 1 rings (SSSR count). The van der Waals surface area contributed by atoms with Gasteiger partial charge in [0.15, 0.2) is 0 Å². The quantitative estimate of drug-likeness (QED) is 0.831. The Bertz CT molecular complexity index is 337. The Kier molecular flexibility index (Phi) is 4.52. The summed E-state index contributed by atoms with van der Waals surface area (Å²) < 4.78 is 12.9. The average Bonchev–Trinajstić information content (AvgIpc) is 2.13.